The first-order valence-electron chi connectivity index (χ1n) is 30.6. The van der Waals surface area contributed by atoms with Gasteiger partial charge in [0.1, 0.15) is 33.7 Å². The molecule has 15 aromatic rings. The molecule has 0 amide bonds. The Morgan fingerprint density at radius 3 is 1.26 bits per heavy atom. The Morgan fingerprint density at radius 2 is 0.719 bits per heavy atom. The number of fused-ring (bicyclic) bond motifs is 14. The van der Waals surface area contributed by atoms with Crippen LogP contribution in [0, 0.1) is 0 Å². The second-order valence-electron chi connectivity index (χ2n) is 23.3. The quantitative estimate of drug-likeness (QED) is 0.130. The lowest BCUT2D eigenvalue weighted by molar-refractivity contribution is 0.486. The molecule has 2 aliphatic rings. The van der Waals surface area contributed by atoms with Crippen LogP contribution in [0.3, 0.4) is 0 Å². The molecule has 0 spiro atoms. The van der Waals surface area contributed by atoms with Crippen molar-refractivity contribution in [3.05, 3.63) is 265 Å². The van der Waals surface area contributed by atoms with Crippen molar-refractivity contribution in [2.24, 2.45) is 0 Å². The maximum Gasteiger partial charge on any atom is 0.182 e. The Balaban J connectivity index is 0.000000145. The van der Waals surface area contributed by atoms with E-state index >= 15 is 0 Å². The molecular weight excluding hydrogens is 1090 g/mol. The van der Waals surface area contributed by atoms with Gasteiger partial charge in [0.15, 0.2) is 34.9 Å². The molecule has 10 nitrogen and oxygen atoms in total. The minimum atomic E-state index is -0.120. The van der Waals surface area contributed by atoms with E-state index in [1.165, 1.54) is 49.9 Å². The van der Waals surface area contributed by atoms with Gasteiger partial charge in [-0.25, -0.2) is 29.9 Å². The molecule has 0 bridgehead atoms. The Hall–Kier alpha value is -11.1. The summed E-state index contributed by atoms with van der Waals surface area (Å²) in [5, 5.41) is 4.53. The minimum absolute atomic E-state index is 0.0479. The molecule has 1 unspecified atom stereocenters. The van der Waals surface area contributed by atoms with Crippen molar-refractivity contribution in [1.82, 2.24) is 39.9 Å². The van der Waals surface area contributed by atoms with E-state index in [4.69, 9.17) is 38.7 Å². The molecule has 17 rings (SSSR count). The van der Waals surface area contributed by atoms with Crippen molar-refractivity contribution in [2.75, 3.05) is 0 Å². The Labute approximate surface area is 514 Å². The molecule has 89 heavy (non-hydrogen) atoms. The Kier molecular flexibility index (Phi) is 12.8. The van der Waals surface area contributed by atoms with Crippen LogP contribution >= 0.6 is 0 Å². The highest BCUT2D eigenvalue weighted by Crippen LogP contribution is 2.57. The number of pyridine rings is 2. The summed E-state index contributed by atoms with van der Waals surface area (Å²) in [4.78, 5) is 37.9. The summed E-state index contributed by atoms with van der Waals surface area (Å²) in [6, 6.07) is 79.4. The highest BCUT2D eigenvalue weighted by atomic mass is 16.3. The van der Waals surface area contributed by atoms with Crippen molar-refractivity contribution in [2.45, 2.75) is 57.8 Å². The van der Waals surface area contributed by atoms with Crippen molar-refractivity contribution >= 4 is 43.9 Å². The fourth-order valence-corrected chi connectivity index (χ4v) is 13.9. The topological polar surface area (TPSA) is 129 Å². The average Bonchev–Trinajstić information content (AvgIpc) is 1.60. The van der Waals surface area contributed by atoms with Crippen LogP contribution < -0.4 is 0 Å². The zero-order chi connectivity index (χ0) is 59.8. The van der Waals surface area contributed by atoms with E-state index in [1.807, 2.05) is 103 Å². The summed E-state index contributed by atoms with van der Waals surface area (Å²) in [6.45, 7) is 9.20. The Morgan fingerprint density at radius 1 is 0.315 bits per heavy atom. The van der Waals surface area contributed by atoms with Crippen molar-refractivity contribution in [1.29, 1.82) is 0 Å². The predicted molar refractivity (Wildman–Crippen MR) is 357 cm³/mol. The standard InChI is InChI=1S/C44H33N3O.C35H25N5O/c1-3-44(4-2)37-18-12-11-17-33(37)35-25-26-36-34-24-23-32(27-38(34)48-40(36)39(35)44)28-19-21-31(22-20-28)43-46-41(29-13-7-5-8-14-29)45-42(47-43)30-15-9-6-10-16-30;1-3-35(2)26-11-5-4-10-22(26)24-16-17-25-23-15-14-21(20-29(23)41-31(25)30(24)35)32-38-33(27-12-6-8-18-36-27)40-34(39-32)28-13-7-9-19-37-28/h5-27H,3-4H2,1-2H3;4-20H,3H2,1-2H3. The van der Waals surface area contributed by atoms with Gasteiger partial charge in [-0.05, 0) is 124 Å². The summed E-state index contributed by atoms with van der Waals surface area (Å²) >= 11 is 0. The molecule has 0 fully saturated rings. The van der Waals surface area contributed by atoms with Gasteiger partial charge in [0.25, 0.3) is 0 Å². The maximum absolute atomic E-state index is 6.82. The highest BCUT2D eigenvalue weighted by Gasteiger charge is 2.43. The van der Waals surface area contributed by atoms with Crippen LogP contribution in [-0.2, 0) is 10.8 Å². The molecule has 2 aliphatic carbocycles. The van der Waals surface area contributed by atoms with E-state index in [1.54, 1.807) is 12.4 Å². The number of rotatable bonds is 10. The maximum atomic E-state index is 6.82. The van der Waals surface area contributed by atoms with Gasteiger partial charge in [-0.15, -0.1) is 0 Å². The summed E-state index contributed by atoms with van der Waals surface area (Å²) in [6.07, 6.45) is 6.52. The van der Waals surface area contributed by atoms with Crippen LogP contribution in [0.5, 0.6) is 0 Å². The first kappa shape index (κ1) is 53.4. The van der Waals surface area contributed by atoms with E-state index in [2.05, 4.69) is 165 Å². The molecule has 1 atom stereocenters. The normalized spacial score (nSPS) is 14.3. The molecule has 6 aromatic heterocycles. The summed E-state index contributed by atoms with van der Waals surface area (Å²) in [5.74, 6) is 3.49. The third-order valence-corrected chi connectivity index (χ3v) is 18.6. The van der Waals surface area contributed by atoms with Gasteiger partial charge in [0, 0.05) is 78.1 Å². The average molecular weight is 1150 g/mol. The lowest BCUT2D eigenvalue weighted by atomic mass is 9.73. The monoisotopic (exact) mass is 1150 g/mol. The van der Waals surface area contributed by atoms with E-state index in [0.717, 1.165) is 91.1 Å². The fourth-order valence-electron chi connectivity index (χ4n) is 13.9. The summed E-state index contributed by atoms with van der Waals surface area (Å²) < 4.78 is 13.5. The van der Waals surface area contributed by atoms with Gasteiger partial charge >= 0.3 is 0 Å². The smallest absolute Gasteiger partial charge is 0.182 e. The lowest BCUT2D eigenvalue weighted by Gasteiger charge is -2.29. The SMILES string of the molecule is CCC1(C)c2ccccc2-c2ccc3c(oc4cc(-c5nc(-c6ccccn6)nc(-c6ccccn6)n5)ccc43)c21.CCC1(CC)c2ccccc2-c2ccc3c(oc4cc(-c5ccc(-c6nc(-c7ccccc7)nc(-c7ccccc7)n6)cc5)ccc43)c21. The number of nitrogens with zero attached hydrogens (tertiary/aromatic N) is 8. The number of aromatic nitrogens is 8. The second kappa shape index (κ2) is 21.4. The van der Waals surface area contributed by atoms with Gasteiger partial charge in [0.05, 0.1) is 0 Å². The van der Waals surface area contributed by atoms with Crippen LogP contribution in [0.15, 0.2) is 252 Å². The molecule has 10 heteroatoms. The molecule has 0 saturated heterocycles. The number of hydrogen-bond acceptors (Lipinski definition) is 10. The summed E-state index contributed by atoms with van der Waals surface area (Å²) in [7, 11) is 0. The van der Waals surface area contributed by atoms with Gasteiger partial charge in [0.2, 0.25) is 0 Å². The van der Waals surface area contributed by atoms with E-state index < -0.39 is 0 Å². The molecular formula is C79H58N8O2. The van der Waals surface area contributed by atoms with Crippen molar-refractivity contribution < 1.29 is 8.83 Å². The molecule has 6 heterocycles. The third kappa shape index (κ3) is 8.76. The van der Waals surface area contributed by atoms with E-state index in [-0.39, 0.29) is 10.8 Å². The van der Waals surface area contributed by atoms with Gasteiger partial charge in [-0.1, -0.05) is 198 Å². The largest absolute Gasteiger partial charge is 0.456 e. The number of hydrogen-bond donors (Lipinski definition) is 0. The molecule has 9 aromatic carbocycles. The molecule has 0 N–H and O–H groups in total. The van der Waals surface area contributed by atoms with Crippen LogP contribution in [-0.4, -0.2) is 39.9 Å². The number of benzene rings is 9. The van der Waals surface area contributed by atoms with Crippen molar-refractivity contribution in [3.63, 3.8) is 0 Å². The Bertz CT molecular complexity index is 5100. The minimum Gasteiger partial charge on any atom is -0.456 e. The molecule has 0 radical (unpaired) electrons. The lowest BCUT2D eigenvalue weighted by Crippen LogP contribution is -2.23. The van der Waals surface area contributed by atoms with Gasteiger partial charge in [-0.2, -0.15) is 0 Å². The number of furan rings is 2. The van der Waals surface area contributed by atoms with Crippen LogP contribution in [0.25, 0.3) is 146 Å². The van der Waals surface area contributed by atoms with Crippen molar-refractivity contribution in [3.8, 4) is 102 Å². The molecule has 0 saturated carbocycles. The van der Waals surface area contributed by atoms with Gasteiger partial charge < -0.3 is 8.83 Å². The molecule has 426 valence electrons. The molecule has 0 aliphatic heterocycles. The highest BCUT2D eigenvalue weighted by molar-refractivity contribution is 6.11. The van der Waals surface area contributed by atoms with E-state index in [0.29, 0.717) is 46.3 Å². The predicted octanol–water partition coefficient (Wildman–Crippen LogP) is 19.8. The van der Waals surface area contributed by atoms with Crippen LogP contribution in [0.1, 0.15) is 69.2 Å². The fraction of sp³-hybridized carbons (Fsp3) is 0.114. The van der Waals surface area contributed by atoms with Gasteiger partial charge in [-0.3, -0.25) is 9.97 Å². The summed E-state index contributed by atoms with van der Waals surface area (Å²) in [5.41, 5.74) is 21.4. The second-order valence-corrected chi connectivity index (χ2v) is 23.3. The van der Waals surface area contributed by atoms with E-state index in [9.17, 15) is 0 Å². The van der Waals surface area contributed by atoms with Crippen LogP contribution in [0.4, 0.5) is 0 Å². The third-order valence-electron chi connectivity index (χ3n) is 18.6. The van der Waals surface area contributed by atoms with Crippen LogP contribution in [0.2, 0.25) is 0 Å². The zero-order valence-electron chi connectivity index (χ0n) is 49.6. The zero-order valence-corrected chi connectivity index (χ0v) is 49.6. The first-order valence-corrected chi connectivity index (χ1v) is 30.6. The first-order chi connectivity index (χ1) is 43.8.